The Kier molecular flexibility index (Phi) is 4.51. The molecular formula is C21H26N2O5. The average Bonchev–Trinajstić information content (AvgIpc) is 3.16. The van der Waals surface area contributed by atoms with E-state index in [2.05, 4.69) is 22.3 Å². The summed E-state index contributed by atoms with van der Waals surface area (Å²) >= 11 is 0. The Morgan fingerprint density at radius 2 is 1.82 bits per heavy atom. The Bertz CT molecular complexity index is 779. The van der Waals surface area contributed by atoms with Crippen LogP contribution in [0.2, 0.25) is 0 Å². The molecule has 2 saturated heterocycles. The van der Waals surface area contributed by atoms with E-state index in [0.717, 1.165) is 37.1 Å². The number of ether oxygens (including phenoxy) is 3. The number of hydrogen-bond donors (Lipinski definition) is 1. The zero-order valence-electron chi connectivity index (χ0n) is 15.9. The molecule has 1 spiro atoms. The van der Waals surface area contributed by atoms with Crippen LogP contribution in [0.5, 0.6) is 5.75 Å². The number of benzene rings is 1. The summed E-state index contributed by atoms with van der Waals surface area (Å²) in [5, 5.41) is 2.48. The van der Waals surface area contributed by atoms with Gasteiger partial charge in [0.25, 0.3) is 0 Å². The average molecular weight is 386 g/mol. The van der Waals surface area contributed by atoms with Gasteiger partial charge in [0, 0.05) is 19.3 Å². The first-order valence-electron chi connectivity index (χ1n) is 10.3. The van der Waals surface area contributed by atoms with Gasteiger partial charge in [0.15, 0.2) is 5.79 Å². The summed E-state index contributed by atoms with van der Waals surface area (Å²) in [5.74, 6) is 0.536. The van der Waals surface area contributed by atoms with Crippen LogP contribution < -0.4 is 15.0 Å². The Morgan fingerprint density at radius 1 is 1.04 bits per heavy atom. The largest absolute Gasteiger partial charge is 0.489 e. The second kappa shape index (κ2) is 7.04. The number of rotatable bonds is 2. The summed E-state index contributed by atoms with van der Waals surface area (Å²) in [5.41, 5.74) is 2.18. The molecule has 3 heterocycles. The van der Waals surface area contributed by atoms with Gasteiger partial charge >= 0.3 is 0 Å². The lowest BCUT2D eigenvalue weighted by atomic mass is 9.80. The molecule has 0 radical (unpaired) electrons. The van der Waals surface area contributed by atoms with Gasteiger partial charge in [-0.2, -0.15) is 0 Å². The highest BCUT2D eigenvalue weighted by Gasteiger charge is 2.42. The molecule has 1 aromatic carbocycles. The third kappa shape index (κ3) is 3.06. The van der Waals surface area contributed by atoms with Gasteiger partial charge in [-0.25, -0.2) is 0 Å². The number of carbonyl (C=O) groups excluding carboxylic acids is 2. The number of fused-ring (bicyclic) bond motifs is 1. The highest BCUT2D eigenvalue weighted by molar-refractivity contribution is 6.01. The number of hydrogen-bond acceptors (Lipinski definition) is 6. The van der Waals surface area contributed by atoms with Gasteiger partial charge in [0.05, 0.1) is 25.4 Å². The van der Waals surface area contributed by atoms with Crippen molar-refractivity contribution in [1.82, 2.24) is 5.32 Å². The quantitative estimate of drug-likeness (QED) is 0.785. The van der Waals surface area contributed by atoms with Crippen molar-refractivity contribution >= 4 is 17.5 Å². The monoisotopic (exact) mass is 386 g/mol. The molecule has 5 rings (SSSR count). The second-order valence-electron chi connectivity index (χ2n) is 8.09. The van der Waals surface area contributed by atoms with Crippen LogP contribution >= 0.6 is 0 Å². The molecule has 28 heavy (non-hydrogen) atoms. The molecule has 7 heteroatoms. The molecule has 1 aromatic rings. The molecule has 4 aliphatic rings. The Balaban J connectivity index is 1.39. The first-order chi connectivity index (χ1) is 13.7. The fourth-order valence-corrected chi connectivity index (χ4v) is 5.07. The van der Waals surface area contributed by atoms with Crippen LogP contribution in [0, 0.1) is 0 Å². The number of piperidine rings is 1. The lowest BCUT2D eigenvalue weighted by molar-refractivity contribution is -0.178. The molecule has 1 atom stereocenters. The van der Waals surface area contributed by atoms with Crippen LogP contribution in [-0.2, 0) is 19.1 Å². The van der Waals surface area contributed by atoms with Gasteiger partial charge < -0.3 is 19.1 Å². The predicted molar refractivity (Wildman–Crippen MR) is 101 cm³/mol. The number of nitrogens with one attached hydrogen (secondary N) is 1. The second-order valence-corrected chi connectivity index (χ2v) is 8.09. The summed E-state index contributed by atoms with van der Waals surface area (Å²) in [7, 11) is 0. The van der Waals surface area contributed by atoms with Gasteiger partial charge in [0.2, 0.25) is 11.8 Å². The molecule has 1 saturated carbocycles. The van der Waals surface area contributed by atoms with Crippen LogP contribution in [0.1, 0.15) is 50.0 Å². The summed E-state index contributed by atoms with van der Waals surface area (Å²) < 4.78 is 17.8. The first-order valence-corrected chi connectivity index (χ1v) is 10.3. The van der Waals surface area contributed by atoms with Crippen molar-refractivity contribution in [3.05, 3.63) is 23.8 Å². The summed E-state index contributed by atoms with van der Waals surface area (Å²) in [6, 6.07) is 5.90. The van der Waals surface area contributed by atoms with Crippen molar-refractivity contribution in [3.8, 4) is 5.75 Å². The zero-order chi connectivity index (χ0) is 19.1. The summed E-state index contributed by atoms with van der Waals surface area (Å²) in [6.07, 6.45) is 4.73. The lowest BCUT2D eigenvalue weighted by Gasteiger charge is -2.40. The minimum atomic E-state index is -0.370. The van der Waals surface area contributed by atoms with E-state index in [1.165, 1.54) is 5.56 Å². The van der Waals surface area contributed by atoms with Crippen LogP contribution in [0.15, 0.2) is 18.2 Å². The predicted octanol–water partition coefficient (Wildman–Crippen LogP) is 2.09. The van der Waals surface area contributed by atoms with Crippen molar-refractivity contribution in [2.75, 3.05) is 31.3 Å². The molecule has 3 fully saturated rings. The van der Waals surface area contributed by atoms with E-state index < -0.39 is 0 Å². The van der Waals surface area contributed by atoms with E-state index in [0.29, 0.717) is 45.1 Å². The van der Waals surface area contributed by atoms with Gasteiger partial charge in [-0.05, 0) is 36.8 Å². The maximum absolute atomic E-state index is 12.4. The summed E-state index contributed by atoms with van der Waals surface area (Å²) in [6.45, 7) is 2.58. The van der Waals surface area contributed by atoms with E-state index in [-0.39, 0.29) is 23.6 Å². The van der Waals surface area contributed by atoms with E-state index >= 15 is 0 Å². The van der Waals surface area contributed by atoms with Gasteiger partial charge in [-0.1, -0.05) is 12.1 Å². The third-order valence-electron chi connectivity index (χ3n) is 6.50. The highest BCUT2D eigenvalue weighted by atomic mass is 16.7. The molecule has 1 aliphatic carbocycles. The standard InChI is InChI=1S/C21H26N2O5/c24-18-5-4-17(20(25)22-18)23-10-11-26-19-15(2-1-3-16(19)23)14-6-8-21(9-7-14)27-12-13-28-21/h1-3,14,17H,4-13H2,(H,22,24,25). The minimum absolute atomic E-state index is 0.184. The van der Waals surface area contributed by atoms with Crippen molar-refractivity contribution in [1.29, 1.82) is 0 Å². The number of anilines is 1. The molecule has 1 N–H and O–H groups in total. The molecule has 2 amide bonds. The van der Waals surface area contributed by atoms with Crippen LogP contribution in [0.4, 0.5) is 5.69 Å². The van der Waals surface area contributed by atoms with E-state index in [1.807, 2.05) is 6.07 Å². The lowest BCUT2D eigenvalue weighted by Crippen LogP contribution is -2.54. The maximum Gasteiger partial charge on any atom is 0.249 e. The fourth-order valence-electron chi connectivity index (χ4n) is 5.07. The van der Waals surface area contributed by atoms with Crippen LogP contribution in [0.25, 0.3) is 0 Å². The van der Waals surface area contributed by atoms with E-state index in [9.17, 15) is 9.59 Å². The molecule has 150 valence electrons. The Hall–Kier alpha value is -2.12. The normalized spacial score (nSPS) is 27.4. The number of nitrogens with zero attached hydrogens (tertiary/aromatic N) is 1. The highest BCUT2D eigenvalue weighted by Crippen LogP contribution is 2.47. The van der Waals surface area contributed by atoms with Gasteiger partial charge in [0.1, 0.15) is 18.4 Å². The number of amides is 2. The number of imide groups is 1. The molecule has 7 nitrogen and oxygen atoms in total. The Labute approximate surface area is 164 Å². The molecule has 0 bridgehead atoms. The summed E-state index contributed by atoms with van der Waals surface area (Å²) in [4.78, 5) is 26.0. The number of carbonyl (C=O) groups is 2. The fraction of sp³-hybridized carbons (Fsp3) is 0.619. The van der Waals surface area contributed by atoms with Gasteiger partial charge in [-0.15, -0.1) is 0 Å². The smallest absolute Gasteiger partial charge is 0.249 e. The van der Waals surface area contributed by atoms with Crippen molar-refractivity contribution < 1.29 is 23.8 Å². The van der Waals surface area contributed by atoms with Crippen molar-refractivity contribution in [3.63, 3.8) is 0 Å². The van der Waals surface area contributed by atoms with Gasteiger partial charge in [-0.3, -0.25) is 14.9 Å². The van der Waals surface area contributed by atoms with E-state index in [4.69, 9.17) is 14.2 Å². The van der Waals surface area contributed by atoms with E-state index in [1.54, 1.807) is 0 Å². The Morgan fingerprint density at radius 3 is 2.57 bits per heavy atom. The first kappa shape index (κ1) is 17.9. The molecule has 0 aromatic heterocycles. The third-order valence-corrected chi connectivity index (χ3v) is 6.50. The van der Waals surface area contributed by atoms with Crippen molar-refractivity contribution in [2.24, 2.45) is 0 Å². The molecule has 1 unspecified atom stereocenters. The zero-order valence-corrected chi connectivity index (χ0v) is 15.9. The molecule has 3 aliphatic heterocycles. The SMILES string of the molecule is O=C1CCC(N2CCOc3c(C4CCC5(CC4)OCCO5)cccc32)C(=O)N1. The van der Waals surface area contributed by atoms with Crippen LogP contribution in [0.3, 0.4) is 0 Å². The number of para-hydroxylation sites is 1. The minimum Gasteiger partial charge on any atom is -0.489 e. The molecular weight excluding hydrogens is 360 g/mol. The maximum atomic E-state index is 12.4. The van der Waals surface area contributed by atoms with Crippen molar-refractivity contribution in [2.45, 2.75) is 56.3 Å². The topological polar surface area (TPSA) is 77.1 Å². The van der Waals surface area contributed by atoms with Crippen LogP contribution in [-0.4, -0.2) is 50.0 Å².